The summed E-state index contributed by atoms with van der Waals surface area (Å²) in [6.07, 6.45) is 18.5. The first kappa shape index (κ1) is 27.5. The van der Waals surface area contributed by atoms with Crippen LogP contribution in [0.5, 0.6) is 0 Å². The second kappa shape index (κ2) is 7.44. The molecule has 0 aromatic rings. The number of hydrogen-bond acceptors (Lipinski definition) is 0. The molecule has 12 saturated carbocycles. The quantitative estimate of drug-likeness (QED) is 0.329. The third-order valence-electron chi connectivity index (χ3n) is 20.1. The molecule has 0 N–H and O–H groups in total. The van der Waals surface area contributed by atoms with Crippen LogP contribution in [-0.2, 0) is 0 Å². The summed E-state index contributed by atoms with van der Waals surface area (Å²) in [6, 6.07) is 0. The fraction of sp³-hybridized carbons (Fsp3) is 1.00. The molecule has 12 fully saturated rings. The third-order valence-corrected chi connectivity index (χ3v) is 20.1. The van der Waals surface area contributed by atoms with E-state index in [0.29, 0.717) is 43.3 Å². The Morgan fingerprint density at radius 1 is 0.450 bits per heavy atom. The Morgan fingerprint density at radius 3 is 1.07 bits per heavy atom. The molecule has 0 saturated heterocycles. The summed E-state index contributed by atoms with van der Waals surface area (Å²) in [6.45, 7) is 31.1. The molecule has 0 heteroatoms. The molecule has 0 amide bonds. The van der Waals surface area contributed by atoms with Crippen molar-refractivity contribution in [1.82, 2.24) is 0 Å². The van der Waals surface area contributed by atoms with Gasteiger partial charge in [0.2, 0.25) is 0 Å². The van der Waals surface area contributed by atoms with Crippen LogP contribution in [0.15, 0.2) is 0 Å². The number of rotatable bonds is 4. The van der Waals surface area contributed by atoms with Gasteiger partial charge in [0.05, 0.1) is 0 Å². The van der Waals surface area contributed by atoms with E-state index in [-0.39, 0.29) is 0 Å². The summed E-state index contributed by atoms with van der Waals surface area (Å²) in [5.41, 5.74) is 4.00. The first-order valence-corrected chi connectivity index (χ1v) is 18.5. The smallest absolute Gasteiger partial charge is 0.00734 e. The summed E-state index contributed by atoms with van der Waals surface area (Å²) in [4.78, 5) is 0. The predicted molar refractivity (Wildman–Crippen MR) is 169 cm³/mol. The Kier molecular flexibility index (Phi) is 5.12. The normalized spacial score (nSPS) is 58.7. The average Bonchev–Trinajstić information content (AvgIpc) is 2.90. The molecule has 40 heavy (non-hydrogen) atoms. The zero-order chi connectivity index (χ0) is 28.7. The molecule has 0 nitrogen and oxygen atoms in total. The highest BCUT2D eigenvalue weighted by Gasteiger charge is 2.92. The monoisotopic (exact) mass is 547 g/mol. The summed E-state index contributed by atoms with van der Waals surface area (Å²) >= 11 is 0. The minimum absolute atomic E-state index is 0.472. The van der Waals surface area contributed by atoms with Crippen LogP contribution in [0.1, 0.15) is 153 Å². The average molecular weight is 547 g/mol. The van der Waals surface area contributed by atoms with E-state index in [2.05, 4.69) is 76.2 Å². The minimum Gasteiger partial charge on any atom is -0.0619 e. The van der Waals surface area contributed by atoms with Gasteiger partial charge in [-0.2, -0.15) is 0 Å². The first-order chi connectivity index (χ1) is 18.5. The molecule has 12 atom stereocenters. The highest BCUT2D eigenvalue weighted by molar-refractivity contribution is 5.39. The van der Waals surface area contributed by atoms with Crippen molar-refractivity contribution in [2.75, 3.05) is 0 Å². The highest BCUT2D eigenvalue weighted by Crippen LogP contribution is 2.97. The van der Waals surface area contributed by atoms with Crippen LogP contribution in [0.3, 0.4) is 0 Å². The zero-order valence-corrected chi connectivity index (χ0v) is 28.7. The van der Waals surface area contributed by atoms with Crippen molar-refractivity contribution in [1.29, 1.82) is 0 Å². The second-order valence-corrected chi connectivity index (χ2v) is 20.6. The summed E-state index contributed by atoms with van der Waals surface area (Å²) in [5.74, 6) is 8.45. The molecule has 12 aliphatic rings. The molecule has 0 heterocycles. The first-order valence-electron chi connectivity index (χ1n) is 18.5. The largest absolute Gasteiger partial charge is 0.0619 e. The van der Waals surface area contributed by atoms with Crippen LogP contribution in [0.2, 0.25) is 0 Å². The van der Waals surface area contributed by atoms with Gasteiger partial charge >= 0.3 is 0 Å². The molecular weight excluding hydrogens is 480 g/mol. The van der Waals surface area contributed by atoms with Crippen LogP contribution in [0.4, 0.5) is 0 Å². The molecule has 0 aliphatic heterocycles. The van der Waals surface area contributed by atoms with E-state index in [1.807, 2.05) is 0 Å². The van der Waals surface area contributed by atoms with Crippen LogP contribution in [-0.4, -0.2) is 0 Å². The molecule has 226 valence electrons. The topological polar surface area (TPSA) is 0 Å². The fourth-order valence-electron chi connectivity index (χ4n) is 18.1. The summed E-state index contributed by atoms with van der Waals surface area (Å²) in [7, 11) is 0. The Morgan fingerprint density at radius 2 is 0.800 bits per heavy atom. The van der Waals surface area contributed by atoms with Gasteiger partial charge in [-0.1, -0.05) is 76.2 Å². The van der Waals surface area contributed by atoms with Crippen molar-refractivity contribution in [2.24, 2.45) is 96.6 Å². The number of hydrogen-bond donors (Lipinski definition) is 0. The Balaban J connectivity index is 1.52. The van der Waals surface area contributed by atoms with Gasteiger partial charge in [0, 0.05) is 0 Å². The summed E-state index contributed by atoms with van der Waals surface area (Å²) < 4.78 is 0. The van der Waals surface area contributed by atoms with Gasteiger partial charge in [-0.15, -0.1) is 0 Å². The van der Waals surface area contributed by atoms with Crippen molar-refractivity contribution < 1.29 is 0 Å². The van der Waals surface area contributed by atoms with Crippen molar-refractivity contribution >= 4 is 0 Å². The Labute approximate surface area is 249 Å². The fourth-order valence-corrected chi connectivity index (χ4v) is 18.1. The standard InChI is InChI=1S/C40H66/c1-24-12-15-28-21-37(24,34(28,6)7)40(31-19-18-27-20-32(31)33(27,4)5,38-22-29(35(38,8)9)16-13-25(38)2)39-23-30(36(39,10)11)17-14-26(39)3/h24-32H,12-23H2,1-11H3. The molecule has 0 radical (unpaired) electrons. The lowest BCUT2D eigenvalue weighted by Crippen LogP contribution is -2.89. The zero-order valence-electron chi connectivity index (χ0n) is 28.7. The predicted octanol–water partition coefficient (Wildman–Crippen LogP) is 11.4. The van der Waals surface area contributed by atoms with Crippen molar-refractivity contribution in [2.45, 2.75) is 153 Å². The molecule has 12 rings (SSSR count). The van der Waals surface area contributed by atoms with Gasteiger partial charge in [-0.25, -0.2) is 0 Å². The van der Waals surface area contributed by atoms with E-state index in [4.69, 9.17) is 0 Å². The summed E-state index contributed by atoms with van der Waals surface area (Å²) in [5, 5.41) is 0. The highest BCUT2D eigenvalue weighted by atomic mass is 15.0. The lowest BCUT2D eigenvalue weighted by molar-refractivity contribution is -0.473. The van der Waals surface area contributed by atoms with Crippen LogP contribution >= 0.6 is 0 Å². The molecule has 8 bridgehead atoms. The van der Waals surface area contributed by atoms with Gasteiger partial charge < -0.3 is 0 Å². The van der Waals surface area contributed by atoms with Crippen molar-refractivity contribution in [3.63, 3.8) is 0 Å². The van der Waals surface area contributed by atoms with Gasteiger partial charge in [0.15, 0.2) is 0 Å². The lowest BCUT2D eigenvalue weighted by atomic mass is 9.09. The van der Waals surface area contributed by atoms with E-state index in [1.165, 1.54) is 44.9 Å². The maximum absolute atomic E-state index is 2.85. The van der Waals surface area contributed by atoms with E-state index in [0.717, 1.165) is 53.3 Å². The molecule has 12 unspecified atom stereocenters. The van der Waals surface area contributed by atoms with Crippen LogP contribution < -0.4 is 0 Å². The number of fused-ring (bicyclic) bond motifs is 8. The maximum atomic E-state index is 2.85. The van der Waals surface area contributed by atoms with Gasteiger partial charge in [0.1, 0.15) is 0 Å². The van der Waals surface area contributed by atoms with Crippen LogP contribution in [0.25, 0.3) is 0 Å². The molecular formula is C40H66. The Hall–Kier alpha value is 0. The molecule has 0 aromatic carbocycles. The molecule has 12 aliphatic carbocycles. The van der Waals surface area contributed by atoms with E-state index < -0.39 is 0 Å². The van der Waals surface area contributed by atoms with E-state index >= 15 is 0 Å². The maximum Gasteiger partial charge on any atom is -0.00734 e. The van der Waals surface area contributed by atoms with Gasteiger partial charge in [0.25, 0.3) is 0 Å². The van der Waals surface area contributed by atoms with Crippen molar-refractivity contribution in [3.05, 3.63) is 0 Å². The minimum atomic E-state index is 0.472. The molecule has 0 spiro atoms. The van der Waals surface area contributed by atoms with Gasteiger partial charge in [-0.05, 0) is 174 Å². The van der Waals surface area contributed by atoms with Crippen molar-refractivity contribution in [3.8, 4) is 0 Å². The SMILES string of the molecule is CC1CCC2CC1(C(C1CCC3CC1C3(C)C)(C13CC(CCC1C)C3(C)C)C13CC(CCC1C)C3(C)C)C2(C)C. The second-order valence-electron chi connectivity index (χ2n) is 20.6. The Bertz CT molecular complexity index is 994. The third kappa shape index (κ3) is 2.28. The lowest BCUT2D eigenvalue weighted by Gasteiger charge is -2.94. The van der Waals surface area contributed by atoms with E-state index in [9.17, 15) is 0 Å². The molecule has 0 aromatic heterocycles. The van der Waals surface area contributed by atoms with E-state index in [1.54, 1.807) is 32.1 Å². The van der Waals surface area contributed by atoms with Gasteiger partial charge in [-0.3, -0.25) is 0 Å². The van der Waals surface area contributed by atoms with Crippen LogP contribution in [0, 0.1) is 96.6 Å².